The molecule has 0 atom stereocenters. The van der Waals surface area contributed by atoms with E-state index in [0.29, 0.717) is 21.8 Å². The molecule has 0 fully saturated rings. The summed E-state index contributed by atoms with van der Waals surface area (Å²) in [5.74, 6) is 0.0409. The molecule has 3 aromatic heterocycles. The third-order valence-corrected chi connectivity index (χ3v) is 4.58. The number of anilines is 1. The maximum Gasteiger partial charge on any atom is 0.265 e. The highest BCUT2D eigenvalue weighted by Crippen LogP contribution is 2.28. The molecular formula is C17H11FN4OS. The zero-order valence-corrected chi connectivity index (χ0v) is 13.1. The van der Waals surface area contributed by atoms with Crippen LogP contribution in [-0.2, 0) is 0 Å². The molecule has 118 valence electrons. The largest absolute Gasteiger partial charge is 0.320 e. The van der Waals surface area contributed by atoms with Crippen LogP contribution in [0.4, 0.5) is 10.1 Å². The van der Waals surface area contributed by atoms with E-state index in [4.69, 9.17) is 0 Å². The van der Waals surface area contributed by atoms with Gasteiger partial charge in [0, 0.05) is 22.5 Å². The van der Waals surface area contributed by atoms with Crippen LogP contribution < -0.4 is 5.32 Å². The van der Waals surface area contributed by atoms with Crippen LogP contribution in [0.25, 0.3) is 15.9 Å². The number of carbonyl (C=O) groups is 1. The maximum atomic E-state index is 13.7. The minimum absolute atomic E-state index is 0.288. The van der Waals surface area contributed by atoms with Crippen LogP contribution >= 0.6 is 11.3 Å². The smallest absolute Gasteiger partial charge is 0.265 e. The zero-order chi connectivity index (χ0) is 16.5. The Morgan fingerprint density at radius 2 is 2.12 bits per heavy atom. The van der Waals surface area contributed by atoms with Crippen molar-refractivity contribution >= 4 is 33.0 Å². The predicted molar refractivity (Wildman–Crippen MR) is 91.1 cm³/mol. The van der Waals surface area contributed by atoms with E-state index in [1.165, 1.54) is 17.4 Å². The van der Waals surface area contributed by atoms with Gasteiger partial charge in [-0.15, -0.1) is 11.3 Å². The number of aromatic nitrogens is 3. The fourth-order valence-corrected chi connectivity index (χ4v) is 3.30. The lowest BCUT2D eigenvalue weighted by atomic mass is 10.2. The van der Waals surface area contributed by atoms with Crippen molar-refractivity contribution in [2.24, 2.45) is 0 Å². The minimum Gasteiger partial charge on any atom is -0.320 e. The Bertz CT molecular complexity index is 1010. The molecule has 1 N–H and O–H groups in total. The Morgan fingerprint density at radius 1 is 1.21 bits per heavy atom. The molecule has 0 unspecified atom stereocenters. The molecule has 7 heteroatoms. The maximum absolute atomic E-state index is 13.7. The second-order valence-corrected chi connectivity index (χ2v) is 6.16. The number of hydrogen-bond donors (Lipinski definition) is 1. The molecule has 1 aromatic carbocycles. The number of benzene rings is 1. The number of pyridine rings is 1. The van der Waals surface area contributed by atoms with Crippen LogP contribution in [0.3, 0.4) is 0 Å². The molecule has 0 radical (unpaired) electrons. The Balaban J connectivity index is 1.55. The first kappa shape index (κ1) is 14.5. The highest BCUT2D eigenvalue weighted by molar-refractivity contribution is 7.20. The van der Waals surface area contributed by atoms with Gasteiger partial charge in [0.1, 0.15) is 5.82 Å². The molecule has 0 bridgehead atoms. The van der Waals surface area contributed by atoms with Gasteiger partial charge in [-0.3, -0.25) is 4.79 Å². The Kier molecular flexibility index (Phi) is 3.55. The van der Waals surface area contributed by atoms with Gasteiger partial charge in [0.15, 0.2) is 5.82 Å². The van der Waals surface area contributed by atoms with Crippen molar-refractivity contribution in [1.29, 1.82) is 0 Å². The highest BCUT2D eigenvalue weighted by atomic mass is 32.1. The second-order valence-electron chi connectivity index (χ2n) is 5.07. The molecular weight excluding hydrogens is 327 g/mol. The van der Waals surface area contributed by atoms with Crippen LogP contribution in [0.2, 0.25) is 0 Å². The van der Waals surface area contributed by atoms with E-state index in [-0.39, 0.29) is 11.7 Å². The average Bonchev–Trinajstić information content (AvgIpc) is 3.26. The molecule has 4 aromatic rings. The molecule has 5 nitrogen and oxygen atoms in total. The number of thiophene rings is 1. The highest BCUT2D eigenvalue weighted by Gasteiger charge is 2.13. The van der Waals surface area contributed by atoms with Crippen LogP contribution in [0.1, 0.15) is 9.67 Å². The van der Waals surface area contributed by atoms with E-state index >= 15 is 0 Å². The van der Waals surface area contributed by atoms with Gasteiger partial charge >= 0.3 is 0 Å². The summed E-state index contributed by atoms with van der Waals surface area (Å²) in [7, 11) is 0. The summed E-state index contributed by atoms with van der Waals surface area (Å²) in [5.41, 5.74) is 0.564. The molecule has 0 spiro atoms. The van der Waals surface area contributed by atoms with Gasteiger partial charge in [-0.1, -0.05) is 6.07 Å². The predicted octanol–water partition coefficient (Wildman–Crippen LogP) is 3.87. The lowest BCUT2D eigenvalue weighted by Crippen LogP contribution is -2.10. The molecule has 3 heterocycles. The molecule has 0 saturated heterocycles. The summed E-state index contributed by atoms with van der Waals surface area (Å²) in [5, 5.41) is 7.32. The average molecular weight is 338 g/mol. The van der Waals surface area contributed by atoms with Crippen LogP contribution in [0, 0.1) is 5.82 Å². The first-order valence-corrected chi connectivity index (χ1v) is 7.98. The quantitative estimate of drug-likeness (QED) is 0.617. The summed E-state index contributed by atoms with van der Waals surface area (Å²) in [4.78, 5) is 17.0. The summed E-state index contributed by atoms with van der Waals surface area (Å²) < 4.78 is 16.1. The fraction of sp³-hybridized carbons (Fsp3) is 0. The van der Waals surface area contributed by atoms with Crippen molar-refractivity contribution in [2.75, 3.05) is 5.32 Å². The number of nitrogens with zero attached hydrogens (tertiary/aromatic N) is 3. The van der Waals surface area contributed by atoms with Gasteiger partial charge < -0.3 is 5.32 Å². The summed E-state index contributed by atoms with van der Waals surface area (Å²) in [6, 6.07) is 11.7. The molecule has 0 saturated carbocycles. The van der Waals surface area contributed by atoms with E-state index in [1.54, 1.807) is 59.7 Å². The van der Waals surface area contributed by atoms with E-state index in [9.17, 15) is 9.18 Å². The number of halogens is 1. The van der Waals surface area contributed by atoms with Gasteiger partial charge in [0.25, 0.3) is 5.91 Å². The summed E-state index contributed by atoms with van der Waals surface area (Å²) >= 11 is 1.25. The SMILES string of the molecule is O=C(Nc1ccc(-n2cccn2)nc1)c1cc2c(F)cccc2s1. The second kappa shape index (κ2) is 5.86. The summed E-state index contributed by atoms with van der Waals surface area (Å²) in [6.07, 6.45) is 5.01. The Hall–Kier alpha value is -3.06. The van der Waals surface area contributed by atoms with Gasteiger partial charge in [0.05, 0.1) is 16.8 Å². The Labute approximate surface area is 140 Å². The number of hydrogen-bond acceptors (Lipinski definition) is 4. The monoisotopic (exact) mass is 338 g/mol. The number of carbonyl (C=O) groups excluding carboxylic acids is 1. The number of fused-ring (bicyclic) bond motifs is 1. The van der Waals surface area contributed by atoms with Gasteiger partial charge in [0.2, 0.25) is 0 Å². The van der Waals surface area contributed by atoms with Crippen molar-refractivity contribution in [1.82, 2.24) is 14.8 Å². The van der Waals surface area contributed by atoms with E-state index < -0.39 is 0 Å². The lowest BCUT2D eigenvalue weighted by molar-refractivity contribution is 0.103. The standard InChI is InChI=1S/C17H11FN4OS/c18-13-3-1-4-14-12(13)9-15(24-14)17(23)21-11-5-6-16(19-10-11)22-8-2-7-20-22/h1-10H,(H,21,23). The lowest BCUT2D eigenvalue weighted by Gasteiger charge is -2.04. The zero-order valence-electron chi connectivity index (χ0n) is 12.3. The Morgan fingerprint density at radius 3 is 2.83 bits per heavy atom. The first-order valence-electron chi connectivity index (χ1n) is 7.16. The topological polar surface area (TPSA) is 59.8 Å². The van der Waals surface area contributed by atoms with Crippen molar-refractivity contribution in [2.45, 2.75) is 0 Å². The van der Waals surface area contributed by atoms with Crippen LogP contribution in [-0.4, -0.2) is 20.7 Å². The summed E-state index contributed by atoms with van der Waals surface area (Å²) in [6.45, 7) is 0. The molecule has 4 rings (SSSR count). The van der Waals surface area contributed by atoms with Crippen molar-refractivity contribution in [3.05, 3.63) is 71.7 Å². The third-order valence-electron chi connectivity index (χ3n) is 3.48. The van der Waals surface area contributed by atoms with Crippen LogP contribution in [0.5, 0.6) is 0 Å². The molecule has 24 heavy (non-hydrogen) atoms. The number of amides is 1. The van der Waals surface area contributed by atoms with Crippen LogP contribution in [0.15, 0.2) is 61.1 Å². The van der Waals surface area contributed by atoms with Crippen molar-refractivity contribution in [3.8, 4) is 5.82 Å². The third kappa shape index (κ3) is 2.65. The van der Waals surface area contributed by atoms with Crippen molar-refractivity contribution in [3.63, 3.8) is 0 Å². The molecule has 1 amide bonds. The number of nitrogens with one attached hydrogen (secondary N) is 1. The van der Waals surface area contributed by atoms with E-state index in [2.05, 4.69) is 15.4 Å². The van der Waals surface area contributed by atoms with Crippen molar-refractivity contribution < 1.29 is 9.18 Å². The molecule has 0 aliphatic heterocycles. The molecule has 0 aliphatic carbocycles. The van der Waals surface area contributed by atoms with E-state index in [1.807, 2.05) is 0 Å². The van der Waals surface area contributed by atoms with Gasteiger partial charge in [-0.2, -0.15) is 5.10 Å². The van der Waals surface area contributed by atoms with Gasteiger partial charge in [-0.25, -0.2) is 14.1 Å². The normalized spacial score (nSPS) is 10.9. The minimum atomic E-state index is -0.326. The van der Waals surface area contributed by atoms with E-state index in [0.717, 1.165) is 4.70 Å². The fourth-order valence-electron chi connectivity index (χ4n) is 2.33. The molecule has 0 aliphatic rings. The first-order chi connectivity index (χ1) is 11.7. The number of rotatable bonds is 3. The van der Waals surface area contributed by atoms with Gasteiger partial charge in [-0.05, 0) is 36.4 Å².